The number of allylic oxidation sites excluding steroid dienone is 2. The molecule has 0 radical (unpaired) electrons. The summed E-state index contributed by atoms with van der Waals surface area (Å²) in [6.07, 6.45) is 10.0. The normalized spacial score (nSPS) is 49.3. The third kappa shape index (κ3) is 2.02. The molecule has 0 bridgehead atoms. The molecule has 4 aliphatic rings. The van der Waals surface area contributed by atoms with E-state index in [0.717, 1.165) is 36.5 Å². The minimum Gasteiger partial charge on any atom is -0.329 e. The van der Waals surface area contributed by atoms with E-state index in [1.165, 1.54) is 49.8 Å². The maximum atomic E-state index is 11.9. The van der Waals surface area contributed by atoms with Gasteiger partial charge in [-0.15, -0.1) is 0 Å². The van der Waals surface area contributed by atoms with Gasteiger partial charge in [0.15, 0.2) is 0 Å². The van der Waals surface area contributed by atoms with Gasteiger partial charge in [-0.3, -0.25) is 4.79 Å². The van der Waals surface area contributed by atoms with Crippen LogP contribution in [0.3, 0.4) is 0 Å². The molecule has 0 aromatic carbocycles. The molecular formula is C21H33NO. The summed E-state index contributed by atoms with van der Waals surface area (Å²) in [7, 11) is 0. The van der Waals surface area contributed by atoms with Crippen LogP contribution in [0.25, 0.3) is 0 Å². The number of amides is 1. The lowest BCUT2D eigenvalue weighted by atomic mass is 9.48. The molecule has 2 saturated carbocycles. The Labute approximate surface area is 141 Å². The van der Waals surface area contributed by atoms with Crippen molar-refractivity contribution < 1.29 is 4.79 Å². The molecule has 1 heterocycles. The van der Waals surface area contributed by atoms with Crippen LogP contribution >= 0.6 is 0 Å². The molecule has 3 fully saturated rings. The maximum absolute atomic E-state index is 11.9. The first kappa shape index (κ1) is 15.7. The summed E-state index contributed by atoms with van der Waals surface area (Å²) in [4.78, 5) is 11.9. The number of hydrogen-bond donors (Lipinski definition) is 1. The monoisotopic (exact) mass is 315 g/mol. The smallest absolute Gasteiger partial charge is 0.224 e. The molecule has 6 atom stereocenters. The molecule has 2 nitrogen and oxygen atoms in total. The zero-order chi connectivity index (χ0) is 16.4. The van der Waals surface area contributed by atoms with Crippen molar-refractivity contribution in [3.8, 4) is 0 Å². The summed E-state index contributed by atoms with van der Waals surface area (Å²) in [6.45, 7) is 9.74. The maximum Gasteiger partial charge on any atom is 0.224 e. The Morgan fingerprint density at radius 3 is 2.65 bits per heavy atom. The number of carbonyl (C=O) groups is 1. The Kier molecular flexibility index (Phi) is 3.49. The van der Waals surface area contributed by atoms with Crippen molar-refractivity contribution in [3.63, 3.8) is 0 Å². The SMILES string of the molecule is CC[C@H]1CC[C@H]2[C@@H]3CC(C)=C4NC(=O)CC[C@]4(C)[C@H]3CC[C@]12C. The van der Waals surface area contributed by atoms with E-state index < -0.39 is 0 Å². The average molecular weight is 316 g/mol. The van der Waals surface area contributed by atoms with Crippen LogP contribution in [0.1, 0.15) is 79.1 Å². The number of piperidine rings is 1. The van der Waals surface area contributed by atoms with Crippen molar-refractivity contribution in [1.82, 2.24) is 5.32 Å². The van der Waals surface area contributed by atoms with Crippen molar-refractivity contribution in [1.29, 1.82) is 0 Å². The van der Waals surface area contributed by atoms with Crippen molar-refractivity contribution >= 4 is 5.91 Å². The summed E-state index contributed by atoms with van der Waals surface area (Å²) in [5.74, 6) is 3.74. The molecule has 0 unspecified atom stereocenters. The lowest BCUT2D eigenvalue weighted by molar-refractivity contribution is -0.125. The van der Waals surface area contributed by atoms with Crippen LogP contribution in [-0.4, -0.2) is 5.91 Å². The predicted molar refractivity (Wildman–Crippen MR) is 93.6 cm³/mol. The number of rotatable bonds is 1. The molecule has 2 heteroatoms. The molecule has 4 rings (SSSR count). The van der Waals surface area contributed by atoms with E-state index in [-0.39, 0.29) is 11.3 Å². The first-order valence-electron chi connectivity index (χ1n) is 9.90. The second-order valence-corrected chi connectivity index (χ2v) is 9.43. The number of hydrogen-bond acceptors (Lipinski definition) is 1. The number of carbonyl (C=O) groups excluding carboxylic acids is 1. The lowest BCUT2D eigenvalue weighted by Crippen LogP contribution is -2.54. The van der Waals surface area contributed by atoms with Crippen molar-refractivity contribution in [2.45, 2.75) is 79.1 Å². The van der Waals surface area contributed by atoms with Gasteiger partial charge in [0.25, 0.3) is 0 Å². The van der Waals surface area contributed by atoms with E-state index >= 15 is 0 Å². The first-order chi connectivity index (χ1) is 10.9. The van der Waals surface area contributed by atoms with Crippen LogP contribution in [0.5, 0.6) is 0 Å². The van der Waals surface area contributed by atoms with Crippen LogP contribution in [-0.2, 0) is 4.79 Å². The van der Waals surface area contributed by atoms with Crippen LogP contribution in [0.15, 0.2) is 11.3 Å². The van der Waals surface area contributed by atoms with Gasteiger partial charge in [-0.05, 0) is 74.5 Å². The van der Waals surface area contributed by atoms with Crippen molar-refractivity contribution in [2.75, 3.05) is 0 Å². The minimum absolute atomic E-state index is 0.229. The standard InChI is InChI=1S/C21H33NO/c1-5-14-6-7-16-15-12-13(2)19-21(4,11-9-18(23)22-19)17(15)8-10-20(14,16)3/h14-17H,5-12H2,1-4H3,(H,22,23)/t14-,15-,16-,17-,20+,21+/m0/s1. The fraction of sp³-hybridized carbons (Fsp3) is 0.857. The molecule has 1 N–H and O–H groups in total. The Hall–Kier alpha value is -0.790. The molecule has 0 spiro atoms. The first-order valence-corrected chi connectivity index (χ1v) is 9.90. The summed E-state index contributed by atoms with van der Waals surface area (Å²) >= 11 is 0. The van der Waals surface area contributed by atoms with E-state index in [4.69, 9.17) is 0 Å². The van der Waals surface area contributed by atoms with E-state index in [1.54, 1.807) is 0 Å². The van der Waals surface area contributed by atoms with Gasteiger partial charge >= 0.3 is 0 Å². The molecule has 1 saturated heterocycles. The van der Waals surface area contributed by atoms with Gasteiger partial charge in [-0.25, -0.2) is 0 Å². The molecular weight excluding hydrogens is 282 g/mol. The summed E-state index contributed by atoms with van der Waals surface area (Å²) < 4.78 is 0. The number of nitrogens with one attached hydrogen (secondary N) is 1. The van der Waals surface area contributed by atoms with E-state index in [2.05, 4.69) is 33.0 Å². The van der Waals surface area contributed by atoms with Gasteiger partial charge in [0.1, 0.15) is 0 Å². The highest BCUT2D eigenvalue weighted by atomic mass is 16.1. The fourth-order valence-electron chi connectivity index (χ4n) is 7.41. The molecule has 128 valence electrons. The Bertz CT molecular complexity index is 564. The summed E-state index contributed by atoms with van der Waals surface area (Å²) in [5.41, 5.74) is 3.60. The topological polar surface area (TPSA) is 29.1 Å². The van der Waals surface area contributed by atoms with Crippen LogP contribution in [0.4, 0.5) is 0 Å². The lowest BCUT2D eigenvalue weighted by Gasteiger charge is -2.58. The Balaban J connectivity index is 1.72. The second kappa shape index (κ2) is 5.10. The van der Waals surface area contributed by atoms with Crippen molar-refractivity contribution in [2.24, 2.45) is 34.5 Å². The molecule has 1 amide bonds. The zero-order valence-corrected chi connectivity index (χ0v) is 15.4. The van der Waals surface area contributed by atoms with E-state index in [1.807, 2.05) is 0 Å². The van der Waals surface area contributed by atoms with E-state index in [9.17, 15) is 4.79 Å². The van der Waals surface area contributed by atoms with Gasteiger partial charge in [0.05, 0.1) is 0 Å². The predicted octanol–water partition coefficient (Wildman–Crippen LogP) is 5.05. The third-order valence-electron chi connectivity index (χ3n) is 8.62. The Morgan fingerprint density at radius 1 is 1.13 bits per heavy atom. The quantitative estimate of drug-likeness (QED) is 0.721. The van der Waals surface area contributed by atoms with Crippen LogP contribution < -0.4 is 5.32 Å². The average Bonchev–Trinajstić information content (AvgIpc) is 2.86. The van der Waals surface area contributed by atoms with Gasteiger partial charge in [-0.1, -0.05) is 32.8 Å². The van der Waals surface area contributed by atoms with Crippen molar-refractivity contribution in [3.05, 3.63) is 11.3 Å². The molecule has 0 aromatic rings. The molecule has 1 aliphatic heterocycles. The fourth-order valence-corrected chi connectivity index (χ4v) is 7.41. The minimum atomic E-state index is 0.229. The highest BCUT2D eigenvalue weighted by Gasteiger charge is 2.59. The van der Waals surface area contributed by atoms with Crippen LogP contribution in [0, 0.1) is 34.5 Å². The molecule has 3 aliphatic carbocycles. The highest BCUT2D eigenvalue weighted by Crippen LogP contribution is 2.66. The Morgan fingerprint density at radius 2 is 1.91 bits per heavy atom. The van der Waals surface area contributed by atoms with Gasteiger partial charge < -0.3 is 5.32 Å². The summed E-state index contributed by atoms with van der Waals surface area (Å²) in [5, 5.41) is 3.27. The zero-order valence-electron chi connectivity index (χ0n) is 15.4. The largest absolute Gasteiger partial charge is 0.329 e. The summed E-state index contributed by atoms with van der Waals surface area (Å²) in [6, 6.07) is 0. The number of fused-ring (bicyclic) bond motifs is 5. The highest BCUT2D eigenvalue weighted by molar-refractivity contribution is 5.79. The van der Waals surface area contributed by atoms with E-state index in [0.29, 0.717) is 5.41 Å². The van der Waals surface area contributed by atoms with Crippen LogP contribution in [0.2, 0.25) is 0 Å². The van der Waals surface area contributed by atoms with Gasteiger partial charge in [-0.2, -0.15) is 0 Å². The van der Waals surface area contributed by atoms with Gasteiger partial charge in [0.2, 0.25) is 5.91 Å². The molecule has 0 aromatic heterocycles. The molecule has 23 heavy (non-hydrogen) atoms. The third-order valence-corrected chi connectivity index (χ3v) is 8.62. The second-order valence-electron chi connectivity index (χ2n) is 9.43. The van der Waals surface area contributed by atoms with Gasteiger partial charge in [0, 0.05) is 17.5 Å².